The first-order valence-corrected chi connectivity index (χ1v) is 9.73. The van der Waals surface area contributed by atoms with Gasteiger partial charge in [-0.05, 0) is 23.2 Å². The summed E-state index contributed by atoms with van der Waals surface area (Å²) in [5.74, 6) is 0.697. The van der Waals surface area contributed by atoms with E-state index in [1.165, 1.54) is 18.0 Å². The van der Waals surface area contributed by atoms with Gasteiger partial charge in [-0.15, -0.1) is 16.4 Å². The minimum Gasteiger partial charge on any atom is -0.257 e. The lowest BCUT2D eigenvalue weighted by atomic mass is 10.4. The predicted octanol–water partition coefficient (Wildman–Crippen LogP) is 2.54. The number of hydrogen-bond donors (Lipinski definition) is 1. The van der Waals surface area contributed by atoms with Gasteiger partial charge in [0.1, 0.15) is 4.21 Å². The number of aromatic nitrogens is 4. The lowest BCUT2D eigenvalue weighted by molar-refractivity contribution is 0.603. The van der Waals surface area contributed by atoms with Crippen LogP contribution in [0.2, 0.25) is 0 Å². The van der Waals surface area contributed by atoms with Crippen LogP contribution in [0.3, 0.4) is 0 Å². The van der Waals surface area contributed by atoms with Gasteiger partial charge in [0.2, 0.25) is 5.16 Å². The van der Waals surface area contributed by atoms with Crippen LogP contribution < -0.4 is 0 Å². The molecular formula is C10H8N4O2S4. The maximum absolute atomic E-state index is 11.4. The van der Waals surface area contributed by atoms with E-state index in [-0.39, 0.29) is 4.21 Å². The van der Waals surface area contributed by atoms with Gasteiger partial charge >= 0.3 is 0 Å². The summed E-state index contributed by atoms with van der Waals surface area (Å²) in [6, 6.07) is 3.89. The Balaban J connectivity index is 1.80. The molecule has 3 rings (SSSR count). The van der Waals surface area contributed by atoms with Crippen molar-refractivity contribution >= 4 is 44.3 Å². The summed E-state index contributed by atoms with van der Waals surface area (Å²) in [6.07, 6.45) is 2.52. The maximum atomic E-state index is 11.4. The Labute approximate surface area is 127 Å². The average molecular weight is 344 g/mol. The molecule has 0 atom stereocenters. The molecule has 0 fully saturated rings. The molecule has 0 bridgehead atoms. The molecule has 0 spiro atoms. The number of rotatable bonds is 4. The van der Waals surface area contributed by atoms with Crippen molar-refractivity contribution in [2.45, 2.75) is 13.7 Å². The van der Waals surface area contributed by atoms with Gasteiger partial charge in [-0.2, -0.15) is 0 Å². The smallest absolute Gasteiger partial charge is 0.215 e. The number of nitrogens with zero attached hydrogens (tertiary/aromatic N) is 3. The Morgan fingerprint density at radius 1 is 1.40 bits per heavy atom. The molecule has 10 heteroatoms. The molecule has 20 heavy (non-hydrogen) atoms. The molecule has 0 amide bonds. The molecule has 0 unspecified atom stereocenters. The number of nitrogens with one attached hydrogen (secondary N) is 1. The molecule has 3 aromatic rings. The van der Waals surface area contributed by atoms with Crippen LogP contribution in [0.1, 0.15) is 0 Å². The van der Waals surface area contributed by atoms with E-state index < -0.39 is 9.84 Å². The Hall–Kier alpha value is -1.23. The molecule has 0 aliphatic heterocycles. The van der Waals surface area contributed by atoms with Gasteiger partial charge in [0.25, 0.3) is 0 Å². The Morgan fingerprint density at radius 3 is 2.90 bits per heavy atom. The van der Waals surface area contributed by atoms with Crippen LogP contribution >= 0.6 is 34.4 Å². The van der Waals surface area contributed by atoms with E-state index in [4.69, 9.17) is 0 Å². The fourth-order valence-corrected chi connectivity index (χ4v) is 4.80. The van der Waals surface area contributed by atoms with Crippen LogP contribution in [0.4, 0.5) is 0 Å². The third-order valence-electron chi connectivity index (χ3n) is 2.23. The van der Waals surface area contributed by atoms with Crippen molar-refractivity contribution in [2.75, 3.05) is 6.26 Å². The number of H-pyrrole nitrogens is 1. The van der Waals surface area contributed by atoms with E-state index in [9.17, 15) is 8.42 Å². The van der Waals surface area contributed by atoms with Gasteiger partial charge in [-0.25, -0.2) is 18.4 Å². The summed E-state index contributed by atoms with van der Waals surface area (Å²) in [5, 5.41) is 9.42. The molecule has 6 nitrogen and oxygen atoms in total. The Morgan fingerprint density at radius 2 is 2.25 bits per heavy atom. The number of hydrogen-bond acceptors (Lipinski definition) is 8. The highest BCUT2D eigenvalue weighted by Crippen LogP contribution is 2.32. The fraction of sp³-hybridized carbons (Fsp3) is 0.100. The largest absolute Gasteiger partial charge is 0.257 e. The monoisotopic (exact) mass is 344 g/mol. The lowest BCUT2D eigenvalue weighted by Crippen LogP contribution is -1.91. The van der Waals surface area contributed by atoms with Crippen molar-refractivity contribution in [1.82, 2.24) is 20.2 Å². The van der Waals surface area contributed by atoms with E-state index in [2.05, 4.69) is 20.2 Å². The molecule has 104 valence electrons. The van der Waals surface area contributed by atoms with E-state index in [0.29, 0.717) is 15.3 Å². The van der Waals surface area contributed by atoms with Crippen molar-refractivity contribution in [3.05, 3.63) is 23.7 Å². The van der Waals surface area contributed by atoms with Crippen molar-refractivity contribution in [1.29, 1.82) is 0 Å². The van der Waals surface area contributed by atoms with Crippen LogP contribution in [0.5, 0.6) is 0 Å². The second-order valence-electron chi connectivity index (χ2n) is 3.76. The van der Waals surface area contributed by atoms with Gasteiger partial charge in [0.15, 0.2) is 20.0 Å². The summed E-state index contributed by atoms with van der Waals surface area (Å²) in [5.41, 5.74) is 0. The zero-order valence-corrected chi connectivity index (χ0v) is 13.4. The Bertz CT molecular complexity index is 819. The third kappa shape index (κ3) is 2.92. The highest BCUT2D eigenvalue weighted by Gasteiger charge is 2.15. The first-order chi connectivity index (χ1) is 9.52. The molecule has 3 aromatic heterocycles. The number of sulfone groups is 1. The number of thiazole rings is 1. The lowest BCUT2D eigenvalue weighted by Gasteiger charge is -1.89. The van der Waals surface area contributed by atoms with Gasteiger partial charge in [0.05, 0.1) is 11.1 Å². The van der Waals surface area contributed by atoms with Crippen molar-refractivity contribution in [2.24, 2.45) is 0 Å². The van der Waals surface area contributed by atoms with Crippen molar-refractivity contribution < 1.29 is 8.42 Å². The fourth-order valence-electron chi connectivity index (χ4n) is 1.36. The second-order valence-corrected chi connectivity index (χ2v) is 9.20. The van der Waals surface area contributed by atoms with Crippen LogP contribution in [0, 0.1) is 0 Å². The van der Waals surface area contributed by atoms with E-state index >= 15 is 0 Å². The zero-order chi connectivity index (χ0) is 14.2. The normalized spacial score (nSPS) is 11.8. The predicted molar refractivity (Wildman–Crippen MR) is 79.0 cm³/mol. The van der Waals surface area contributed by atoms with Gasteiger partial charge in [-0.3, -0.25) is 5.10 Å². The summed E-state index contributed by atoms with van der Waals surface area (Å²) < 4.78 is 23.6. The van der Waals surface area contributed by atoms with Crippen LogP contribution in [0.25, 0.3) is 10.7 Å². The quantitative estimate of drug-likeness (QED) is 0.782. The second kappa shape index (κ2) is 5.28. The molecule has 0 aromatic carbocycles. The average Bonchev–Trinajstić information content (AvgIpc) is 3.08. The zero-order valence-electron chi connectivity index (χ0n) is 10.1. The summed E-state index contributed by atoms with van der Waals surface area (Å²) in [4.78, 5) is 9.40. The van der Waals surface area contributed by atoms with E-state index in [1.54, 1.807) is 11.3 Å². The third-order valence-corrected chi connectivity index (χ3v) is 6.83. The van der Waals surface area contributed by atoms with Gasteiger partial charge in [-0.1, -0.05) is 17.4 Å². The molecular weight excluding hydrogens is 336 g/mol. The topological polar surface area (TPSA) is 88.6 Å². The van der Waals surface area contributed by atoms with Gasteiger partial charge < -0.3 is 0 Å². The van der Waals surface area contributed by atoms with E-state index in [1.807, 2.05) is 17.5 Å². The molecule has 0 radical (unpaired) electrons. The summed E-state index contributed by atoms with van der Waals surface area (Å²) >= 11 is 3.92. The minimum absolute atomic E-state index is 0.244. The van der Waals surface area contributed by atoms with Crippen LogP contribution in [-0.4, -0.2) is 34.8 Å². The highest BCUT2D eigenvalue weighted by molar-refractivity contribution is 8.01. The highest BCUT2D eigenvalue weighted by atomic mass is 32.2. The standard InChI is InChI=1S/C10H8N4O2S4/c1-20(15,16)7-5-11-10(18-7)19-9-12-8(13-14-9)6-3-2-4-17-6/h2-5H,1H3,(H,12,13,14). The van der Waals surface area contributed by atoms with Crippen molar-refractivity contribution in [3.63, 3.8) is 0 Å². The van der Waals surface area contributed by atoms with Gasteiger partial charge in [0, 0.05) is 6.26 Å². The number of thiophene rings is 1. The van der Waals surface area contributed by atoms with E-state index in [0.717, 1.165) is 22.5 Å². The molecule has 0 aliphatic rings. The molecule has 0 saturated heterocycles. The van der Waals surface area contributed by atoms with Crippen LogP contribution in [0.15, 0.2) is 37.4 Å². The summed E-state index contributed by atoms with van der Waals surface area (Å²) in [7, 11) is -3.21. The van der Waals surface area contributed by atoms with Crippen LogP contribution in [-0.2, 0) is 9.84 Å². The Kier molecular flexibility index (Phi) is 3.63. The minimum atomic E-state index is -3.21. The molecule has 1 N–H and O–H groups in total. The SMILES string of the molecule is CS(=O)(=O)c1cnc(Sc2n[nH]c(-c3cccs3)n2)s1. The first kappa shape index (κ1) is 13.7. The maximum Gasteiger partial charge on any atom is 0.215 e. The van der Waals surface area contributed by atoms with Crippen molar-refractivity contribution in [3.8, 4) is 10.7 Å². The summed E-state index contributed by atoms with van der Waals surface area (Å²) in [6.45, 7) is 0. The molecule has 0 saturated carbocycles. The number of aromatic amines is 1. The molecule has 0 aliphatic carbocycles. The first-order valence-electron chi connectivity index (χ1n) is 5.32. The molecule has 3 heterocycles.